The number of nitrogens with one attached hydrogen (secondary N) is 1. The van der Waals surface area contributed by atoms with Gasteiger partial charge in [0.05, 0.1) is 6.54 Å². The standard InChI is InChI=1S/C11H18N2O3/c1-2-6-12-10(14)8-13-7-4-3-5-9(13)11(15)16/h2,9H,1,3-8H2,(H,12,14)(H,15,16). The van der Waals surface area contributed by atoms with Gasteiger partial charge in [-0.25, -0.2) is 0 Å². The highest BCUT2D eigenvalue weighted by molar-refractivity contribution is 5.80. The molecule has 0 saturated carbocycles. The quantitative estimate of drug-likeness (QED) is 0.658. The number of piperidine rings is 1. The zero-order valence-electron chi connectivity index (χ0n) is 9.32. The molecule has 1 atom stereocenters. The van der Waals surface area contributed by atoms with Crippen molar-refractivity contribution in [3.8, 4) is 0 Å². The van der Waals surface area contributed by atoms with E-state index in [1.54, 1.807) is 11.0 Å². The number of carbonyl (C=O) groups excluding carboxylic acids is 1. The van der Waals surface area contributed by atoms with Crippen LogP contribution in [0, 0.1) is 0 Å². The Balaban J connectivity index is 2.46. The minimum absolute atomic E-state index is 0.145. The predicted octanol–water partition coefficient (Wildman–Crippen LogP) is 0.228. The first-order chi connectivity index (χ1) is 7.65. The maximum absolute atomic E-state index is 11.4. The van der Waals surface area contributed by atoms with Crippen LogP contribution < -0.4 is 5.32 Å². The van der Waals surface area contributed by atoms with E-state index in [1.807, 2.05) is 0 Å². The third kappa shape index (κ3) is 3.66. The van der Waals surface area contributed by atoms with Crippen molar-refractivity contribution in [1.82, 2.24) is 10.2 Å². The molecule has 16 heavy (non-hydrogen) atoms. The van der Waals surface area contributed by atoms with Gasteiger partial charge in [-0.1, -0.05) is 12.5 Å². The van der Waals surface area contributed by atoms with E-state index in [0.29, 0.717) is 19.5 Å². The molecule has 0 aliphatic carbocycles. The summed E-state index contributed by atoms with van der Waals surface area (Å²) >= 11 is 0. The summed E-state index contributed by atoms with van der Waals surface area (Å²) in [5.41, 5.74) is 0. The molecule has 90 valence electrons. The molecule has 1 rings (SSSR count). The number of likely N-dealkylation sites (tertiary alicyclic amines) is 1. The zero-order valence-corrected chi connectivity index (χ0v) is 9.32. The van der Waals surface area contributed by atoms with E-state index in [9.17, 15) is 9.59 Å². The SMILES string of the molecule is C=CCNC(=O)CN1CCCCC1C(=O)O. The van der Waals surface area contributed by atoms with Gasteiger partial charge in [0.25, 0.3) is 0 Å². The number of amides is 1. The van der Waals surface area contributed by atoms with E-state index in [1.165, 1.54) is 0 Å². The number of nitrogens with zero attached hydrogens (tertiary/aromatic N) is 1. The summed E-state index contributed by atoms with van der Waals surface area (Å²) in [5, 5.41) is 11.7. The molecule has 0 aromatic carbocycles. The average Bonchev–Trinajstić information content (AvgIpc) is 2.27. The van der Waals surface area contributed by atoms with E-state index in [-0.39, 0.29) is 12.5 Å². The van der Waals surface area contributed by atoms with Crippen molar-refractivity contribution in [2.75, 3.05) is 19.6 Å². The molecule has 0 aromatic rings. The lowest BCUT2D eigenvalue weighted by Gasteiger charge is -2.32. The van der Waals surface area contributed by atoms with Gasteiger partial charge in [0.1, 0.15) is 6.04 Å². The fourth-order valence-corrected chi connectivity index (χ4v) is 1.89. The van der Waals surface area contributed by atoms with Crippen LogP contribution >= 0.6 is 0 Å². The predicted molar refractivity (Wildman–Crippen MR) is 60.1 cm³/mol. The Kier molecular flexibility index (Phi) is 4.98. The molecule has 1 unspecified atom stereocenters. The van der Waals surface area contributed by atoms with Gasteiger partial charge in [-0.15, -0.1) is 6.58 Å². The average molecular weight is 226 g/mol. The second-order valence-electron chi connectivity index (χ2n) is 3.91. The Morgan fingerprint density at radius 3 is 2.88 bits per heavy atom. The van der Waals surface area contributed by atoms with Gasteiger partial charge < -0.3 is 10.4 Å². The molecule has 1 aliphatic heterocycles. The van der Waals surface area contributed by atoms with Gasteiger partial charge in [0, 0.05) is 6.54 Å². The number of rotatable bonds is 5. The van der Waals surface area contributed by atoms with Gasteiger partial charge in [-0.2, -0.15) is 0 Å². The van der Waals surface area contributed by atoms with Crippen molar-refractivity contribution < 1.29 is 14.7 Å². The highest BCUT2D eigenvalue weighted by Gasteiger charge is 2.29. The highest BCUT2D eigenvalue weighted by Crippen LogP contribution is 2.16. The Labute approximate surface area is 95.1 Å². The second kappa shape index (κ2) is 6.27. The van der Waals surface area contributed by atoms with Gasteiger partial charge >= 0.3 is 5.97 Å². The first-order valence-electron chi connectivity index (χ1n) is 5.49. The molecule has 5 heteroatoms. The van der Waals surface area contributed by atoms with E-state index in [4.69, 9.17) is 5.11 Å². The Morgan fingerprint density at radius 2 is 2.25 bits per heavy atom. The number of hydrogen-bond acceptors (Lipinski definition) is 3. The van der Waals surface area contributed by atoms with Crippen LogP contribution in [-0.4, -0.2) is 47.6 Å². The summed E-state index contributed by atoms with van der Waals surface area (Å²) in [4.78, 5) is 24.1. The molecule has 2 N–H and O–H groups in total. The second-order valence-corrected chi connectivity index (χ2v) is 3.91. The van der Waals surface area contributed by atoms with Crippen LogP contribution in [0.3, 0.4) is 0 Å². The number of carboxylic acid groups (broad SMARTS) is 1. The molecule has 0 aromatic heterocycles. The monoisotopic (exact) mass is 226 g/mol. The van der Waals surface area contributed by atoms with Crippen molar-refractivity contribution in [2.45, 2.75) is 25.3 Å². The van der Waals surface area contributed by atoms with Crippen molar-refractivity contribution in [1.29, 1.82) is 0 Å². The maximum Gasteiger partial charge on any atom is 0.320 e. The van der Waals surface area contributed by atoms with Crippen LogP contribution in [0.25, 0.3) is 0 Å². The molecule has 1 heterocycles. The summed E-state index contributed by atoms with van der Waals surface area (Å²) in [6.07, 6.45) is 4.10. The van der Waals surface area contributed by atoms with E-state index >= 15 is 0 Å². The van der Waals surface area contributed by atoms with Gasteiger partial charge in [0.15, 0.2) is 0 Å². The summed E-state index contributed by atoms with van der Waals surface area (Å²) in [7, 11) is 0. The molecular formula is C11H18N2O3. The van der Waals surface area contributed by atoms with E-state index < -0.39 is 12.0 Å². The molecule has 0 radical (unpaired) electrons. The van der Waals surface area contributed by atoms with Crippen LogP contribution in [0.15, 0.2) is 12.7 Å². The maximum atomic E-state index is 11.4. The minimum atomic E-state index is -0.837. The van der Waals surface area contributed by atoms with Gasteiger partial charge in [-0.3, -0.25) is 14.5 Å². The van der Waals surface area contributed by atoms with Crippen LogP contribution in [-0.2, 0) is 9.59 Å². The van der Waals surface area contributed by atoms with Crippen molar-refractivity contribution in [3.63, 3.8) is 0 Å². The lowest BCUT2D eigenvalue weighted by molar-refractivity contribution is -0.145. The van der Waals surface area contributed by atoms with Gasteiger partial charge in [0.2, 0.25) is 5.91 Å². The number of carbonyl (C=O) groups is 2. The summed E-state index contributed by atoms with van der Waals surface area (Å²) in [6, 6.07) is -0.511. The lowest BCUT2D eigenvalue weighted by Crippen LogP contribution is -2.49. The summed E-state index contributed by atoms with van der Waals surface area (Å²) < 4.78 is 0. The minimum Gasteiger partial charge on any atom is -0.480 e. The third-order valence-corrected chi connectivity index (χ3v) is 2.69. The van der Waals surface area contributed by atoms with Crippen LogP contribution in [0.2, 0.25) is 0 Å². The van der Waals surface area contributed by atoms with Crippen LogP contribution in [0.1, 0.15) is 19.3 Å². The third-order valence-electron chi connectivity index (χ3n) is 2.69. The number of aliphatic carboxylic acids is 1. The fourth-order valence-electron chi connectivity index (χ4n) is 1.89. The number of hydrogen-bond donors (Lipinski definition) is 2. The Morgan fingerprint density at radius 1 is 1.50 bits per heavy atom. The first kappa shape index (κ1) is 12.7. The van der Waals surface area contributed by atoms with E-state index in [0.717, 1.165) is 12.8 Å². The number of carboxylic acids is 1. The summed E-state index contributed by atoms with van der Waals surface area (Å²) in [5.74, 6) is -0.982. The lowest BCUT2D eigenvalue weighted by atomic mass is 10.0. The van der Waals surface area contributed by atoms with Crippen LogP contribution in [0.5, 0.6) is 0 Å². The smallest absolute Gasteiger partial charge is 0.320 e. The first-order valence-corrected chi connectivity index (χ1v) is 5.49. The van der Waals surface area contributed by atoms with Crippen molar-refractivity contribution >= 4 is 11.9 Å². The molecule has 1 aliphatic rings. The zero-order chi connectivity index (χ0) is 12.0. The molecule has 1 fully saturated rings. The molecule has 5 nitrogen and oxygen atoms in total. The summed E-state index contributed by atoms with van der Waals surface area (Å²) in [6.45, 7) is 4.76. The fraction of sp³-hybridized carbons (Fsp3) is 0.636. The molecule has 0 spiro atoms. The molecule has 1 amide bonds. The van der Waals surface area contributed by atoms with Crippen molar-refractivity contribution in [2.24, 2.45) is 0 Å². The highest BCUT2D eigenvalue weighted by atomic mass is 16.4. The van der Waals surface area contributed by atoms with Crippen LogP contribution in [0.4, 0.5) is 0 Å². The molecular weight excluding hydrogens is 208 g/mol. The Bertz CT molecular complexity index is 278. The molecule has 1 saturated heterocycles. The molecule has 0 bridgehead atoms. The van der Waals surface area contributed by atoms with Gasteiger partial charge in [-0.05, 0) is 19.4 Å². The topological polar surface area (TPSA) is 69.6 Å². The van der Waals surface area contributed by atoms with Crippen molar-refractivity contribution in [3.05, 3.63) is 12.7 Å². The largest absolute Gasteiger partial charge is 0.480 e. The Hall–Kier alpha value is -1.36. The van der Waals surface area contributed by atoms with E-state index in [2.05, 4.69) is 11.9 Å². The normalized spacial score (nSPS) is 21.4.